The smallest absolute Gasteiger partial charge is 0.294 e. The molecule has 1 heterocycles. The van der Waals surface area contributed by atoms with E-state index in [9.17, 15) is 18.8 Å². The Morgan fingerprint density at radius 1 is 1.09 bits per heavy atom. The summed E-state index contributed by atoms with van der Waals surface area (Å²) in [6.07, 6.45) is 1.61. The molecule has 10 heteroatoms. The van der Waals surface area contributed by atoms with Crippen LogP contribution in [-0.4, -0.2) is 28.5 Å². The summed E-state index contributed by atoms with van der Waals surface area (Å²) >= 11 is 6.34. The van der Waals surface area contributed by atoms with Crippen molar-refractivity contribution in [3.05, 3.63) is 96.6 Å². The standard InChI is InChI=1S/C25H17BrFIN2O4S/c26-17-4-1-15(2-5-17)14-34-21-10-3-16(11-20(21)28)12-22-24(32)30(25(33)35-22)13-23(31)29-19-8-6-18(27)7-9-19/h1-12H,13-14H2,(H,29,31)/b22-12-. The Morgan fingerprint density at radius 2 is 1.80 bits per heavy atom. The molecule has 6 nitrogen and oxygen atoms in total. The van der Waals surface area contributed by atoms with Crippen LogP contribution in [0.5, 0.6) is 5.75 Å². The van der Waals surface area contributed by atoms with E-state index < -0.39 is 29.4 Å². The third kappa shape index (κ3) is 6.71. The average molecular weight is 667 g/mol. The van der Waals surface area contributed by atoms with Crippen molar-refractivity contribution in [2.24, 2.45) is 0 Å². The van der Waals surface area contributed by atoms with Crippen molar-refractivity contribution in [3.63, 3.8) is 0 Å². The Labute approximate surface area is 227 Å². The summed E-state index contributed by atoms with van der Waals surface area (Å²) in [4.78, 5) is 38.5. The number of carbonyl (C=O) groups is 3. The van der Waals surface area contributed by atoms with Gasteiger partial charge in [-0.15, -0.1) is 0 Å². The van der Waals surface area contributed by atoms with Crippen molar-refractivity contribution < 1.29 is 23.5 Å². The Hall–Kier alpha value is -2.70. The molecule has 0 saturated carbocycles. The van der Waals surface area contributed by atoms with Gasteiger partial charge in [0.15, 0.2) is 0 Å². The quantitative estimate of drug-likeness (QED) is 0.232. The van der Waals surface area contributed by atoms with E-state index in [0.717, 1.165) is 35.8 Å². The second-order valence-corrected chi connectivity index (χ2v) is 10.5. The molecule has 4 rings (SSSR count). The number of anilines is 1. The third-order valence-electron chi connectivity index (χ3n) is 4.86. The van der Waals surface area contributed by atoms with Crippen LogP contribution in [0.25, 0.3) is 6.08 Å². The highest BCUT2D eigenvalue weighted by molar-refractivity contribution is 14.1. The van der Waals surface area contributed by atoms with Gasteiger partial charge in [-0.25, -0.2) is 4.39 Å². The van der Waals surface area contributed by atoms with Crippen LogP contribution in [0, 0.1) is 9.39 Å². The highest BCUT2D eigenvalue weighted by Gasteiger charge is 2.36. The van der Waals surface area contributed by atoms with E-state index in [0.29, 0.717) is 18.0 Å². The maximum atomic E-state index is 13.0. The van der Waals surface area contributed by atoms with Gasteiger partial charge in [0.2, 0.25) is 5.91 Å². The van der Waals surface area contributed by atoms with Crippen molar-refractivity contribution in [1.82, 2.24) is 4.90 Å². The number of nitrogens with one attached hydrogen (secondary N) is 1. The average Bonchev–Trinajstić information content (AvgIpc) is 3.08. The van der Waals surface area contributed by atoms with Crippen LogP contribution in [0.2, 0.25) is 0 Å². The highest BCUT2D eigenvalue weighted by Crippen LogP contribution is 2.33. The monoisotopic (exact) mass is 666 g/mol. The molecule has 0 unspecified atom stereocenters. The van der Waals surface area contributed by atoms with Crippen molar-refractivity contribution >= 4 is 79.1 Å². The van der Waals surface area contributed by atoms with E-state index in [-0.39, 0.29) is 4.91 Å². The number of halogens is 3. The summed E-state index contributed by atoms with van der Waals surface area (Å²) in [6, 6.07) is 18.5. The Balaban J connectivity index is 1.39. The van der Waals surface area contributed by atoms with Gasteiger partial charge in [-0.2, -0.15) is 0 Å². The first kappa shape index (κ1) is 25.4. The largest absolute Gasteiger partial charge is 0.488 e. The first-order chi connectivity index (χ1) is 16.8. The molecule has 1 fully saturated rings. The van der Waals surface area contributed by atoms with E-state index in [2.05, 4.69) is 43.8 Å². The van der Waals surface area contributed by atoms with Gasteiger partial charge in [0.1, 0.15) is 24.7 Å². The highest BCUT2D eigenvalue weighted by atomic mass is 127. The molecule has 0 aliphatic carbocycles. The number of carbonyl (C=O) groups excluding carboxylic acids is 3. The fourth-order valence-corrected chi connectivity index (χ4v) is 4.93. The zero-order valence-corrected chi connectivity index (χ0v) is 22.5. The summed E-state index contributed by atoms with van der Waals surface area (Å²) < 4.78 is 20.8. The lowest BCUT2D eigenvalue weighted by atomic mass is 10.2. The van der Waals surface area contributed by atoms with E-state index in [1.165, 1.54) is 24.3 Å². The molecule has 1 aliphatic heterocycles. The number of imide groups is 1. The number of benzene rings is 3. The molecule has 0 aromatic heterocycles. The second kappa shape index (κ2) is 11.4. The molecule has 1 aliphatic rings. The van der Waals surface area contributed by atoms with Crippen LogP contribution >= 0.6 is 50.3 Å². The molecule has 3 amide bonds. The number of thioether (sulfide) groups is 1. The van der Waals surface area contributed by atoms with Gasteiger partial charge in [-0.05, 0) is 100 Å². The lowest BCUT2D eigenvalue weighted by molar-refractivity contribution is -0.127. The maximum absolute atomic E-state index is 13.0. The summed E-state index contributed by atoms with van der Waals surface area (Å²) in [6.45, 7) is -0.0126. The molecule has 35 heavy (non-hydrogen) atoms. The Morgan fingerprint density at radius 3 is 2.49 bits per heavy atom. The number of hydrogen-bond acceptors (Lipinski definition) is 5. The van der Waals surface area contributed by atoms with Crippen LogP contribution in [0.1, 0.15) is 11.1 Å². The van der Waals surface area contributed by atoms with Crippen molar-refractivity contribution in [2.45, 2.75) is 6.61 Å². The summed E-state index contributed by atoms with van der Waals surface area (Å²) in [5, 5.41) is 2.02. The third-order valence-corrected chi connectivity index (χ3v) is 7.14. The van der Waals surface area contributed by atoms with E-state index in [1.54, 1.807) is 12.1 Å². The fourth-order valence-electron chi connectivity index (χ4n) is 3.13. The second-order valence-electron chi connectivity index (χ2n) is 7.43. The number of amides is 3. The minimum Gasteiger partial charge on any atom is -0.488 e. The first-order valence-electron chi connectivity index (χ1n) is 10.3. The predicted octanol–water partition coefficient (Wildman–Crippen LogP) is 6.45. The Bertz CT molecular complexity index is 1320. The molecule has 0 bridgehead atoms. The SMILES string of the molecule is O=C(CN1C(=O)S/C(=C\c2ccc(OCc3ccc(Br)cc3)c(I)c2)C1=O)Nc1ccc(F)cc1. The summed E-state index contributed by atoms with van der Waals surface area (Å²) in [5.41, 5.74) is 2.13. The van der Waals surface area contributed by atoms with E-state index >= 15 is 0 Å². The molecule has 3 aromatic carbocycles. The molecular weight excluding hydrogens is 650 g/mol. The Kier molecular flexibility index (Phi) is 8.24. The predicted molar refractivity (Wildman–Crippen MR) is 145 cm³/mol. The lowest BCUT2D eigenvalue weighted by Gasteiger charge is -2.12. The number of hydrogen-bond donors (Lipinski definition) is 1. The van der Waals surface area contributed by atoms with Gasteiger partial charge >= 0.3 is 0 Å². The maximum Gasteiger partial charge on any atom is 0.294 e. The topological polar surface area (TPSA) is 75.7 Å². The summed E-state index contributed by atoms with van der Waals surface area (Å²) in [5.74, 6) is -0.823. The van der Waals surface area contributed by atoms with Crippen LogP contribution in [0.4, 0.5) is 14.9 Å². The zero-order valence-electron chi connectivity index (χ0n) is 18.0. The van der Waals surface area contributed by atoms with Crippen LogP contribution < -0.4 is 10.1 Å². The van der Waals surface area contributed by atoms with Gasteiger partial charge in [0.25, 0.3) is 11.1 Å². The fraction of sp³-hybridized carbons (Fsp3) is 0.0800. The molecule has 3 aromatic rings. The van der Waals surface area contributed by atoms with Gasteiger partial charge < -0.3 is 10.1 Å². The van der Waals surface area contributed by atoms with Crippen molar-refractivity contribution in [1.29, 1.82) is 0 Å². The van der Waals surface area contributed by atoms with Crippen LogP contribution in [0.3, 0.4) is 0 Å². The van der Waals surface area contributed by atoms with Crippen molar-refractivity contribution in [3.8, 4) is 5.75 Å². The molecular formula is C25H17BrFIN2O4S. The number of ether oxygens (including phenoxy) is 1. The molecule has 1 saturated heterocycles. The summed E-state index contributed by atoms with van der Waals surface area (Å²) in [7, 11) is 0. The zero-order chi connectivity index (χ0) is 24.9. The normalized spacial score (nSPS) is 14.5. The van der Waals surface area contributed by atoms with Crippen molar-refractivity contribution in [2.75, 3.05) is 11.9 Å². The first-order valence-corrected chi connectivity index (χ1v) is 12.9. The molecule has 1 N–H and O–H groups in total. The number of rotatable bonds is 7. The van der Waals surface area contributed by atoms with Crippen LogP contribution in [0.15, 0.2) is 76.1 Å². The van der Waals surface area contributed by atoms with Gasteiger partial charge in [0, 0.05) is 10.2 Å². The molecule has 178 valence electrons. The molecule has 0 atom stereocenters. The van der Waals surface area contributed by atoms with Gasteiger partial charge in [-0.1, -0.05) is 34.1 Å². The van der Waals surface area contributed by atoms with E-state index in [1.807, 2.05) is 36.4 Å². The van der Waals surface area contributed by atoms with E-state index in [4.69, 9.17) is 4.74 Å². The molecule has 0 spiro atoms. The van der Waals surface area contributed by atoms with Crippen LogP contribution in [-0.2, 0) is 16.2 Å². The lowest BCUT2D eigenvalue weighted by Crippen LogP contribution is -2.36. The minimum absolute atomic E-state index is 0.226. The van der Waals surface area contributed by atoms with Gasteiger partial charge in [0.05, 0.1) is 8.48 Å². The molecule has 0 radical (unpaired) electrons. The minimum atomic E-state index is -0.554. The number of nitrogens with zero attached hydrogens (tertiary/aromatic N) is 1. The van der Waals surface area contributed by atoms with Gasteiger partial charge in [-0.3, -0.25) is 19.3 Å².